The van der Waals surface area contributed by atoms with Crippen LogP contribution < -0.4 is 5.32 Å². The maximum absolute atomic E-state index is 12.0. The van der Waals surface area contributed by atoms with Crippen LogP contribution in [-0.4, -0.2) is 58.3 Å². The highest BCUT2D eigenvalue weighted by Gasteiger charge is 2.23. The number of aromatic hydroxyl groups is 2. The monoisotopic (exact) mass is 294 g/mol. The SMILES string of the molecule is O=C(NCCN1CCCC1)c1ccc(O)c(O)c1C(=O)O. The molecule has 0 aromatic heterocycles. The number of nitrogens with zero attached hydrogens (tertiary/aromatic N) is 1. The van der Waals surface area contributed by atoms with Gasteiger partial charge in [-0.15, -0.1) is 0 Å². The predicted octanol–water partition coefficient (Wildman–Crippen LogP) is 0.622. The van der Waals surface area contributed by atoms with Crippen molar-refractivity contribution >= 4 is 11.9 Å². The van der Waals surface area contributed by atoms with Crippen LogP contribution in [0.4, 0.5) is 0 Å². The fraction of sp³-hybridized carbons (Fsp3) is 0.429. The van der Waals surface area contributed by atoms with Crippen LogP contribution in [0.2, 0.25) is 0 Å². The first-order valence-corrected chi connectivity index (χ1v) is 6.79. The summed E-state index contributed by atoms with van der Waals surface area (Å²) in [5, 5.41) is 30.6. The molecule has 4 N–H and O–H groups in total. The first-order chi connectivity index (χ1) is 10.0. The van der Waals surface area contributed by atoms with E-state index in [0.717, 1.165) is 32.0 Å². The number of carbonyl (C=O) groups excluding carboxylic acids is 1. The molecule has 7 heteroatoms. The lowest BCUT2D eigenvalue weighted by atomic mass is 10.0. The molecule has 1 aliphatic rings. The minimum atomic E-state index is -1.46. The average molecular weight is 294 g/mol. The van der Waals surface area contributed by atoms with Crippen LogP contribution in [0.5, 0.6) is 11.5 Å². The van der Waals surface area contributed by atoms with Gasteiger partial charge >= 0.3 is 5.97 Å². The highest BCUT2D eigenvalue weighted by molar-refractivity contribution is 6.07. The Kier molecular flexibility index (Phi) is 4.64. The van der Waals surface area contributed by atoms with Crippen molar-refractivity contribution in [3.63, 3.8) is 0 Å². The van der Waals surface area contributed by atoms with Crippen LogP contribution in [0.25, 0.3) is 0 Å². The summed E-state index contributed by atoms with van der Waals surface area (Å²) in [6.45, 7) is 3.13. The molecule has 1 saturated heterocycles. The number of likely N-dealkylation sites (tertiary alicyclic amines) is 1. The second kappa shape index (κ2) is 6.45. The van der Waals surface area contributed by atoms with E-state index in [1.54, 1.807) is 0 Å². The lowest BCUT2D eigenvalue weighted by Crippen LogP contribution is -2.34. The topological polar surface area (TPSA) is 110 Å². The smallest absolute Gasteiger partial charge is 0.340 e. The molecule has 7 nitrogen and oxygen atoms in total. The van der Waals surface area contributed by atoms with E-state index in [1.165, 1.54) is 6.07 Å². The van der Waals surface area contributed by atoms with Crippen molar-refractivity contribution in [2.24, 2.45) is 0 Å². The summed E-state index contributed by atoms with van der Waals surface area (Å²) < 4.78 is 0. The fourth-order valence-corrected chi connectivity index (χ4v) is 2.41. The van der Waals surface area contributed by atoms with E-state index in [2.05, 4.69) is 10.2 Å². The number of benzene rings is 1. The summed E-state index contributed by atoms with van der Waals surface area (Å²) in [4.78, 5) is 25.4. The molecule has 0 spiro atoms. The third-order valence-corrected chi connectivity index (χ3v) is 3.53. The first-order valence-electron chi connectivity index (χ1n) is 6.79. The van der Waals surface area contributed by atoms with Gasteiger partial charge in [0.1, 0.15) is 5.56 Å². The summed E-state index contributed by atoms with van der Waals surface area (Å²) in [6.07, 6.45) is 2.31. The Hall–Kier alpha value is -2.28. The summed E-state index contributed by atoms with van der Waals surface area (Å²) in [5.74, 6) is -3.41. The van der Waals surface area contributed by atoms with Crippen LogP contribution in [0, 0.1) is 0 Å². The Bertz CT molecular complexity index is 553. The molecule has 0 atom stereocenters. The van der Waals surface area contributed by atoms with Crippen LogP contribution in [-0.2, 0) is 0 Å². The Morgan fingerprint density at radius 1 is 1.19 bits per heavy atom. The second-order valence-corrected chi connectivity index (χ2v) is 4.97. The van der Waals surface area contributed by atoms with Crippen molar-refractivity contribution in [1.29, 1.82) is 0 Å². The number of hydrogen-bond acceptors (Lipinski definition) is 5. The van der Waals surface area contributed by atoms with Gasteiger partial charge in [0.25, 0.3) is 5.91 Å². The number of carboxylic acids is 1. The van der Waals surface area contributed by atoms with E-state index < -0.39 is 28.9 Å². The molecule has 1 aromatic rings. The third-order valence-electron chi connectivity index (χ3n) is 3.53. The van der Waals surface area contributed by atoms with Crippen LogP contribution >= 0.6 is 0 Å². The van der Waals surface area contributed by atoms with Crippen molar-refractivity contribution in [2.45, 2.75) is 12.8 Å². The Labute approximate surface area is 121 Å². The van der Waals surface area contributed by atoms with Gasteiger partial charge in [0, 0.05) is 13.1 Å². The van der Waals surface area contributed by atoms with Gasteiger partial charge in [0.15, 0.2) is 11.5 Å². The van der Waals surface area contributed by atoms with Gasteiger partial charge in [-0.3, -0.25) is 4.79 Å². The largest absolute Gasteiger partial charge is 0.504 e. The quantitative estimate of drug-likeness (QED) is 0.593. The van der Waals surface area contributed by atoms with Gasteiger partial charge < -0.3 is 25.5 Å². The normalized spacial score (nSPS) is 15.0. The molecule has 21 heavy (non-hydrogen) atoms. The number of hydrogen-bond donors (Lipinski definition) is 4. The lowest BCUT2D eigenvalue weighted by molar-refractivity contribution is 0.0686. The minimum Gasteiger partial charge on any atom is -0.504 e. The minimum absolute atomic E-state index is 0.167. The van der Waals surface area contributed by atoms with Crippen molar-refractivity contribution in [3.8, 4) is 11.5 Å². The van der Waals surface area contributed by atoms with Crippen LogP contribution in [0.3, 0.4) is 0 Å². The number of carboxylic acid groups (broad SMARTS) is 1. The molecule has 1 aromatic carbocycles. The standard InChI is InChI=1S/C14H18N2O5/c17-10-4-3-9(11(12(10)18)14(20)21)13(19)15-5-8-16-6-1-2-7-16/h3-4,17-18H,1-2,5-8H2,(H,15,19)(H,20,21). The van der Waals surface area contributed by atoms with Gasteiger partial charge in [-0.1, -0.05) is 0 Å². The number of carbonyl (C=O) groups is 2. The summed E-state index contributed by atoms with van der Waals surface area (Å²) in [6, 6.07) is 2.28. The van der Waals surface area contributed by atoms with Crippen molar-refractivity contribution < 1.29 is 24.9 Å². The second-order valence-electron chi connectivity index (χ2n) is 4.97. The first kappa shape index (κ1) is 15.1. The van der Waals surface area contributed by atoms with Gasteiger partial charge in [-0.05, 0) is 38.1 Å². The van der Waals surface area contributed by atoms with Crippen LogP contribution in [0.15, 0.2) is 12.1 Å². The number of phenols is 2. The molecule has 1 fully saturated rings. The van der Waals surface area contributed by atoms with Gasteiger partial charge in [0.05, 0.1) is 5.56 Å². The predicted molar refractivity (Wildman–Crippen MR) is 74.7 cm³/mol. The zero-order valence-corrected chi connectivity index (χ0v) is 11.5. The molecule has 2 rings (SSSR count). The summed E-state index contributed by atoms with van der Waals surface area (Å²) in [7, 11) is 0. The van der Waals surface area contributed by atoms with E-state index in [9.17, 15) is 19.8 Å². The molecule has 1 amide bonds. The van der Waals surface area contributed by atoms with E-state index in [-0.39, 0.29) is 5.56 Å². The van der Waals surface area contributed by atoms with E-state index in [1.807, 2.05) is 0 Å². The number of amides is 1. The average Bonchev–Trinajstić information content (AvgIpc) is 2.94. The Morgan fingerprint density at radius 3 is 2.48 bits per heavy atom. The summed E-state index contributed by atoms with van der Waals surface area (Å²) in [5.41, 5.74) is -0.757. The number of nitrogens with one attached hydrogen (secondary N) is 1. The molecule has 0 aliphatic carbocycles. The maximum Gasteiger partial charge on any atom is 0.340 e. The molecule has 114 valence electrons. The van der Waals surface area contributed by atoms with Crippen molar-refractivity contribution in [1.82, 2.24) is 10.2 Å². The fourth-order valence-electron chi connectivity index (χ4n) is 2.41. The molecule has 0 saturated carbocycles. The molecule has 0 unspecified atom stereocenters. The van der Waals surface area contributed by atoms with Crippen molar-refractivity contribution in [3.05, 3.63) is 23.3 Å². The van der Waals surface area contributed by atoms with Gasteiger partial charge in [-0.2, -0.15) is 0 Å². The molecular formula is C14H18N2O5. The number of phenolic OH excluding ortho intramolecular Hbond substituents is 1. The number of aromatic carboxylic acids is 1. The Balaban J connectivity index is 2.04. The summed E-state index contributed by atoms with van der Waals surface area (Å²) >= 11 is 0. The zero-order chi connectivity index (χ0) is 15.4. The molecule has 1 heterocycles. The third kappa shape index (κ3) is 3.43. The maximum atomic E-state index is 12.0. The highest BCUT2D eigenvalue weighted by atomic mass is 16.4. The lowest BCUT2D eigenvalue weighted by Gasteiger charge is -2.15. The highest BCUT2D eigenvalue weighted by Crippen LogP contribution is 2.31. The molecule has 1 aliphatic heterocycles. The molecular weight excluding hydrogens is 276 g/mol. The molecule has 0 radical (unpaired) electrons. The van der Waals surface area contributed by atoms with E-state index >= 15 is 0 Å². The van der Waals surface area contributed by atoms with E-state index in [0.29, 0.717) is 13.1 Å². The number of rotatable bonds is 5. The van der Waals surface area contributed by atoms with E-state index in [4.69, 9.17) is 5.11 Å². The van der Waals surface area contributed by atoms with Crippen molar-refractivity contribution in [2.75, 3.05) is 26.2 Å². The van der Waals surface area contributed by atoms with Gasteiger partial charge in [0.2, 0.25) is 0 Å². The van der Waals surface area contributed by atoms with Crippen LogP contribution in [0.1, 0.15) is 33.6 Å². The zero-order valence-electron chi connectivity index (χ0n) is 11.5. The Morgan fingerprint density at radius 2 is 1.86 bits per heavy atom. The molecule has 0 bridgehead atoms. The van der Waals surface area contributed by atoms with Gasteiger partial charge in [-0.25, -0.2) is 4.79 Å².